The number of amides is 2. The molecule has 2 heterocycles. The molecular formula is C18H19ClN4O3S. The summed E-state index contributed by atoms with van der Waals surface area (Å²) in [5.41, 5.74) is 6.30. The summed E-state index contributed by atoms with van der Waals surface area (Å²) in [7, 11) is 0. The number of nitrogens with zero attached hydrogens (tertiary/aromatic N) is 2. The Hall–Kier alpha value is -2.16. The van der Waals surface area contributed by atoms with Gasteiger partial charge in [0.2, 0.25) is 5.91 Å². The summed E-state index contributed by atoms with van der Waals surface area (Å²) in [6.07, 6.45) is 0.750. The number of hydrogen-bond acceptors (Lipinski definition) is 6. The Balaban J connectivity index is 1.28. The molecule has 2 aromatic rings. The molecule has 9 heteroatoms. The van der Waals surface area contributed by atoms with Crippen LogP contribution in [0.5, 0.6) is 0 Å². The molecule has 142 valence electrons. The third kappa shape index (κ3) is 4.23. The first-order chi connectivity index (χ1) is 13.1. The van der Waals surface area contributed by atoms with E-state index < -0.39 is 5.91 Å². The highest BCUT2D eigenvalue weighted by atomic mass is 35.5. The fourth-order valence-electron chi connectivity index (χ4n) is 3.13. The lowest BCUT2D eigenvalue weighted by Crippen LogP contribution is -2.42. The maximum absolute atomic E-state index is 12.3. The summed E-state index contributed by atoms with van der Waals surface area (Å²) in [4.78, 5) is 30.9. The Morgan fingerprint density at radius 3 is 2.85 bits per heavy atom. The number of ether oxygens (including phenoxy) is 1. The molecule has 2 aliphatic rings. The minimum absolute atomic E-state index is 0.146. The molecule has 2 atom stereocenters. The normalized spacial score (nSPS) is 21.6. The molecule has 7 nitrogen and oxygen atoms in total. The summed E-state index contributed by atoms with van der Waals surface area (Å²) in [6, 6.07) is 7.52. The Kier molecular flexibility index (Phi) is 5.29. The van der Waals surface area contributed by atoms with Gasteiger partial charge in [-0.25, -0.2) is 4.98 Å². The zero-order valence-electron chi connectivity index (χ0n) is 14.5. The first-order valence-electron chi connectivity index (χ1n) is 8.75. The van der Waals surface area contributed by atoms with Crippen LogP contribution in [0.3, 0.4) is 0 Å². The number of hydrogen-bond donors (Lipinski definition) is 2. The number of hydrazine groups is 1. The molecule has 2 amide bonds. The van der Waals surface area contributed by atoms with Crippen molar-refractivity contribution in [1.82, 2.24) is 15.8 Å². The lowest BCUT2D eigenvalue weighted by Gasteiger charge is -2.25. The molecule has 1 saturated carbocycles. The number of anilines is 1. The van der Waals surface area contributed by atoms with Gasteiger partial charge in [0.05, 0.1) is 13.2 Å². The lowest BCUT2D eigenvalue weighted by molar-refractivity contribution is -0.123. The number of aromatic nitrogens is 1. The van der Waals surface area contributed by atoms with Crippen LogP contribution in [-0.2, 0) is 9.53 Å². The van der Waals surface area contributed by atoms with E-state index in [1.165, 1.54) is 11.3 Å². The van der Waals surface area contributed by atoms with Crippen molar-refractivity contribution in [2.75, 3.05) is 31.2 Å². The van der Waals surface area contributed by atoms with Crippen molar-refractivity contribution in [3.63, 3.8) is 0 Å². The summed E-state index contributed by atoms with van der Waals surface area (Å²) in [5, 5.41) is 3.14. The molecule has 0 radical (unpaired) electrons. The first kappa shape index (κ1) is 18.2. The van der Waals surface area contributed by atoms with E-state index >= 15 is 0 Å². The molecule has 1 aromatic carbocycles. The lowest BCUT2D eigenvalue weighted by atomic mass is 10.1. The smallest absolute Gasteiger partial charge is 0.289 e. The third-order valence-corrected chi connectivity index (χ3v) is 5.85. The van der Waals surface area contributed by atoms with Crippen LogP contribution in [0.2, 0.25) is 5.02 Å². The molecule has 0 bridgehead atoms. The van der Waals surface area contributed by atoms with Gasteiger partial charge in [0.15, 0.2) is 5.13 Å². The molecule has 1 saturated heterocycles. The molecule has 1 aromatic heterocycles. The second-order valence-electron chi connectivity index (χ2n) is 6.56. The molecule has 2 unspecified atom stereocenters. The van der Waals surface area contributed by atoms with Crippen molar-refractivity contribution in [2.45, 2.75) is 12.3 Å². The number of thiazole rings is 1. The van der Waals surface area contributed by atoms with Crippen LogP contribution in [0.25, 0.3) is 0 Å². The van der Waals surface area contributed by atoms with Crippen molar-refractivity contribution >= 4 is 39.9 Å². The van der Waals surface area contributed by atoms with Crippen molar-refractivity contribution in [3.8, 4) is 0 Å². The zero-order valence-corrected chi connectivity index (χ0v) is 16.1. The van der Waals surface area contributed by atoms with Crippen LogP contribution in [0, 0.1) is 5.92 Å². The minimum atomic E-state index is -0.418. The second-order valence-corrected chi connectivity index (χ2v) is 7.83. The fraction of sp³-hybridized carbons (Fsp3) is 0.389. The predicted molar refractivity (Wildman–Crippen MR) is 103 cm³/mol. The number of morpholine rings is 1. The molecule has 2 N–H and O–H groups in total. The molecular weight excluding hydrogens is 388 g/mol. The molecule has 4 rings (SSSR count). The molecule has 1 aliphatic heterocycles. The summed E-state index contributed by atoms with van der Waals surface area (Å²) >= 11 is 7.41. The highest BCUT2D eigenvalue weighted by Gasteiger charge is 2.44. The van der Waals surface area contributed by atoms with Crippen LogP contribution in [0.1, 0.15) is 28.4 Å². The van der Waals surface area contributed by atoms with Gasteiger partial charge in [0.25, 0.3) is 5.91 Å². The van der Waals surface area contributed by atoms with E-state index in [-0.39, 0.29) is 17.7 Å². The van der Waals surface area contributed by atoms with Gasteiger partial charge in [0.1, 0.15) is 5.69 Å². The van der Waals surface area contributed by atoms with E-state index in [0.29, 0.717) is 23.9 Å². The van der Waals surface area contributed by atoms with Gasteiger partial charge < -0.3 is 9.64 Å². The molecule has 2 fully saturated rings. The van der Waals surface area contributed by atoms with Gasteiger partial charge in [-0.2, -0.15) is 0 Å². The van der Waals surface area contributed by atoms with Crippen LogP contribution in [-0.4, -0.2) is 43.1 Å². The SMILES string of the molecule is O=C(NNC(=O)C1CC1c1cccc(Cl)c1)c1csc(N2CCOCC2)n1. The van der Waals surface area contributed by atoms with Gasteiger partial charge in [-0.1, -0.05) is 23.7 Å². The number of carbonyl (C=O) groups is 2. The fourth-order valence-corrected chi connectivity index (χ4v) is 4.19. The number of carbonyl (C=O) groups excluding carboxylic acids is 2. The van der Waals surface area contributed by atoms with E-state index in [1.807, 2.05) is 24.3 Å². The standard InChI is InChI=1S/C18H19ClN4O3S/c19-12-3-1-2-11(8-12)13-9-14(13)16(24)21-22-17(25)15-10-27-18(20-15)23-4-6-26-7-5-23/h1-3,8,10,13-14H,4-7,9H2,(H,21,24)(H,22,25). The highest BCUT2D eigenvalue weighted by molar-refractivity contribution is 7.13. The maximum Gasteiger partial charge on any atom is 0.289 e. The van der Waals surface area contributed by atoms with Crippen LogP contribution in [0.4, 0.5) is 5.13 Å². The maximum atomic E-state index is 12.3. The topological polar surface area (TPSA) is 83.6 Å². The van der Waals surface area contributed by atoms with E-state index in [9.17, 15) is 9.59 Å². The monoisotopic (exact) mass is 406 g/mol. The largest absolute Gasteiger partial charge is 0.378 e. The molecule has 0 spiro atoms. The van der Waals surface area contributed by atoms with Crippen molar-refractivity contribution in [2.24, 2.45) is 5.92 Å². The summed E-state index contributed by atoms with van der Waals surface area (Å²) in [5.74, 6) is -0.619. The second kappa shape index (κ2) is 7.84. The zero-order chi connectivity index (χ0) is 18.8. The van der Waals surface area contributed by atoms with Crippen molar-refractivity contribution in [3.05, 3.63) is 45.9 Å². The average molecular weight is 407 g/mol. The number of rotatable bonds is 4. The number of nitrogens with one attached hydrogen (secondary N) is 2. The van der Waals surface area contributed by atoms with Gasteiger partial charge in [-0.15, -0.1) is 11.3 Å². The highest BCUT2D eigenvalue weighted by Crippen LogP contribution is 2.47. The minimum Gasteiger partial charge on any atom is -0.378 e. The van der Waals surface area contributed by atoms with Gasteiger partial charge in [-0.3, -0.25) is 20.4 Å². The van der Waals surface area contributed by atoms with E-state index in [0.717, 1.165) is 30.2 Å². The Morgan fingerprint density at radius 2 is 2.07 bits per heavy atom. The van der Waals surface area contributed by atoms with Crippen molar-refractivity contribution < 1.29 is 14.3 Å². The summed E-state index contributed by atoms with van der Waals surface area (Å²) < 4.78 is 5.32. The summed E-state index contributed by atoms with van der Waals surface area (Å²) in [6.45, 7) is 2.84. The third-order valence-electron chi connectivity index (χ3n) is 4.71. The van der Waals surface area contributed by atoms with Gasteiger partial charge in [0, 0.05) is 29.4 Å². The number of halogens is 1. The van der Waals surface area contributed by atoms with Crippen LogP contribution < -0.4 is 15.8 Å². The van der Waals surface area contributed by atoms with Crippen LogP contribution >= 0.6 is 22.9 Å². The predicted octanol–water partition coefficient (Wildman–Crippen LogP) is 2.20. The quantitative estimate of drug-likeness (QED) is 0.760. The van der Waals surface area contributed by atoms with Crippen molar-refractivity contribution in [1.29, 1.82) is 0 Å². The van der Waals surface area contributed by atoms with Crippen LogP contribution in [0.15, 0.2) is 29.6 Å². The van der Waals surface area contributed by atoms with E-state index in [2.05, 4.69) is 20.7 Å². The van der Waals surface area contributed by atoms with Gasteiger partial charge in [-0.05, 0) is 30.0 Å². The first-order valence-corrected chi connectivity index (χ1v) is 10.0. The van der Waals surface area contributed by atoms with Gasteiger partial charge >= 0.3 is 0 Å². The molecule has 27 heavy (non-hydrogen) atoms. The Morgan fingerprint density at radius 1 is 1.26 bits per heavy atom. The van der Waals surface area contributed by atoms with E-state index in [4.69, 9.17) is 16.3 Å². The number of benzene rings is 1. The molecule has 1 aliphatic carbocycles. The Bertz CT molecular complexity index is 853. The average Bonchev–Trinajstić information content (AvgIpc) is 3.34. The van der Waals surface area contributed by atoms with E-state index in [1.54, 1.807) is 5.38 Å². The Labute approximate surface area is 165 Å².